The lowest BCUT2D eigenvalue weighted by molar-refractivity contribution is -0.00456. The molecule has 2 heteroatoms. The van der Waals surface area contributed by atoms with Gasteiger partial charge in [0.1, 0.15) is 0 Å². The number of nitriles is 1. The van der Waals surface area contributed by atoms with E-state index >= 15 is 0 Å². The minimum absolute atomic E-state index is 0.445. The van der Waals surface area contributed by atoms with Gasteiger partial charge in [0.05, 0.1) is 12.2 Å². The third-order valence-electron chi connectivity index (χ3n) is 6.44. The molecule has 0 amide bonds. The third kappa shape index (κ3) is 5.45. The Kier molecular flexibility index (Phi) is 7.32. The minimum Gasteiger partial charge on any atom is -0.378 e. The average Bonchev–Trinajstić information content (AvgIpc) is 2.72. The second-order valence-corrected chi connectivity index (χ2v) is 8.17. The lowest BCUT2D eigenvalue weighted by atomic mass is 9.79. The van der Waals surface area contributed by atoms with Gasteiger partial charge in [0.2, 0.25) is 0 Å². The highest BCUT2D eigenvalue weighted by Crippen LogP contribution is 2.36. The van der Waals surface area contributed by atoms with Gasteiger partial charge in [-0.1, -0.05) is 37.3 Å². The minimum atomic E-state index is 0.445. The normalized spacial score (nSPS) is 29.5. The molecule has 0 N–H and O–H groups in total. The number of hydrogen-bond acceptors (Lipinski definition) is 2. The largest absolute Gasteiger partial charge is 0.378 e. The second-order valence-electron chi connectivity index (χ2n) is 8.17. The maximum atomic E-state index is 8.63. The van der Waals surface area contributed by atoms with E-state index in [-0.39, 0.29) is 0 Å². The Morgan fingerprint density at radius 1 is 1.00 bits per heavy atom. The molecule has 1 aromatic carbocycles. The Bertz CT molecular complexity index is 596. The van der Waals surface area contributed by atoms with Gasteiger partial charge in [-0.3, -0.25) is 0 Å². The summed E-state index contributed by atoms with van der Waals surface area (Å²) in [5.74, 6) is 2.08. The van der Waals surface area contributed by atoms with Crippen LogP contribution < -0.4 is 0 Å². The zero-order chi connectivity index (χ0) is 18.2. The number of ether oxygens (including phenoxy) is 1. The number of nitrogens with zero attached hydrogens (tertiary/aromatic N) is 1. The summed E-state index contributed by atoms with van der Waals surface area (Å²) in [6.07, 6.45) is 15.2. The van der Waals surface area contributed by atoms with Crippen LogP contribution in [0.25, 0.3) is 0 Å². The topological polar surface area (TPSA) is 33.0 Å². The molecule has 0 unspecified atom stereocenters. The van der Waals surface area contributed by atoms with Gasteiger partial charge < -0.3 is 4.74 Å². The first-order valence-corrected chi connectivity index (χ1v) is 10.5. The highest BCUT2D eigenvalue weighted by Gasteiger charge is 2.25. The fraction of sp³-hybridized carbons (Fsp3) is 0.625. The van der Waals surface area contributed by atoms with Gasteiger partial charge in [0.15, 0.2) is 0 Å². The Hall–Kier alpha value is -1.59. The van der Waals surface area contributed by atoms with E-state index in [4.69, 9.17) is 10.00 Å². The Morgan fingerprint density at radius 3 is 2.31 bits per heavy atom. The molecule has 140 valence electrons. The SMILES string of the molecule is CCc1ccc(C2CCC(COC3CCC(C=CC#N)CC3)CC2)cc1. The summed E-state index contributed by atoms with van der Waals surface area (Å²) in [6.45, 7) is 3.17. The van der Waals surface area contributed by atoms with Gasteiger partial charge in [0, 0.05) is 12.7 Å². The first-order valence-electron chi connectivity index (χ1n) is 10.5. The molecule has 0 bridgehead atoms. The zero-order valence-electron chi connectivity index (χ0n) is 16.2. The van der Waals surface area contributed by atoms with Crippen molar-refractivity contribution in [2.75, 3.05) is 6.61 Å². The zero-order valence-corrected chi connectivity index (χ0v) is 16.2. The third-order valence-corrected chi connectivity index (χ3v) is 6.44. The molecule has 2 aliphatic rings. The summed E-state index contributed by atoms with van der Waals surface area (Å²) in [7, 11) is 0. The van der Waals surface area contributed by atoms with Crippen molar-refractivity contribution in [3.8, 4) is 6.07 Å². The van der Waals surface area contributed by atoms with Crippen molar-refractivity contribution in [1.82, 2.24) is 0 Å². The molecule has 2 fully saturated rings. The highest BCUT2D eigenvalue weighted by atomic mass is 16.5. The molecule has 2 saturated carbocycles. The predicted molar refractivity (Wildman–Crippen MR) is 107 cm³/mol. The van der Waals surface area contributed by atoms with Gasteiger partial charge >= 0.3 is 0 Å². The van der Waals surface area contributed by atoms with Crippen LogP contribution >= 0.6 is 0 Å². The maximum absolute atomic E-state index is 8.63. The monoisotopic (exact) mass is 351 g/mol. The molecule has 2 nitrogen and oxygen atoms in total. The molecule has 3 rings (SSSR count). The molecular weight excluding hydrogens is 318 g/mol. The van der Waals surface area contributed by atoms with Crippen LogP contribution in [-0.4, -0.2) is 12.7 Å². The van der Waals surface area contributed by atoms with Gasteiger partial charge in [-0.15, -0.1) is 0 Å². The molecular formula is C24H33NO. The van der Waals surface area contributed by atoms with E-state index < -0.39 is 0 Å². The average molecular weight is 352 g/mol. The van der Waals surface area contributed by atoms with Gasteiger partial charge in [-0.25, -0.2) is 0 Å². The van der Waals surface area contributed by atoms with E-state index in [2.05, 4.69) is 43.3 Å². The second kappa shape index (κ2) is 9.93. The van der Waals surface area contributed by atoms with Gasteiger partial charge in [0.25, 0.3) is 0 Å². The number of rotatable bonds is 6. The number of hydrogen-bond donors (Lipinski definition) is 0. The van der Waals surface area contributed by atoms with E-state index in [0.29, 0.717) is 12.0 Å². The van der Waals surface area contributed by atoms with Crippen LogP contribution in [0.4, 0.5) is 0 Å². The first-order chi connectivity index (χ1) is 12.8. The Labute approximate surface area is 159 Å². The van der Waals surface area contributed by atoms with E-state index in [0.717, 1.165) is 37.7 Å². The predicted octanol–water partition coefficient (Wildman–Crippen LogP) is 6.18. The summed E-state index contributed by atoms with van der Waals surface area (Å²) in [4.78, 5) is 0. The smallest absolute Gasteiger partial charge is 0.0908 e. The lowest BCUT2D eigenvalue weighted by Gasteiger charge is -2.32. The van der Waals surface area contributed by atoms with E-state index in [1.165, 1.54) is 49.7 Å². The summed E-state index contributed by atoms with van der Waals surface area (Å²) in [5, 5.41) is 8.63. The summed E-state index contributed by atoms with van der Waals surface area (Å²) >= 11 is 0. The van der Waals surface area contributed by atoms with Crippen LogP contribution in [-0.2, 0) is 11.2 Å². The summed E-state index contributed by atoms with van der Waals surface area (Å²) in [6, 6.07) is 11.4. The van der Waals surface area contributed by atoms with Crippen molar-refractivity contribution in [1.29, 1.82) is 5.26 Å². The van der Waals surface area contributed by atoms with E-state index in [1.807, 2.05) is 0 Å². The van der Waals surface area contributed by atoms with Crippen LogP contribution in [0.5, 0.6) is 0 Å². The summed E-state index contributed by atoms with van der Waals surface area (Å²) < 4.78 is 6.26. The van der Waals surface area contributed by atoms with Crippen LogP contribution in [0, 0.1) is 23.2 Å². The van der Waals surface area contributed by atoms with Crippen molar-refractivity contribution >= 4 is 0 Å². The molecule has 0 spiro atoms. The quantitative estimate of drug-likeness (QED) is 0.573. The molecule has 0 aliphatic heterocycles. The fourth-order valence-corrected chi connectivity index (χ4v) is 4.59. The van der Waals surface area contributed by atoms with Crippen molar-refractivity contribution in [2.45, 2.75) is 76.7 Å². The van der Waals surface area contributed by atoms with Crippen LogP contribution in [0.1, 0.15) is 75.3 Å². The molecule has 0 aromatic heterocycles. The maximum Gasteiger partial charge on any atom is 0.0908 e. The molecule has 0 radical (unpaired) electrons. The van der Waals surface area contributed by atoms with Crippen molar-refractivity contribution in [3.05, 3.63) is 47.5 Å². The highest BCUT2D eigenvalue weighted by molar-refractivity contribution is 5.25. The van der Waals surface area contributed by atoms with Crippen LogP contribution in [0.2, 0.25) is 0 Å². The Balaban J connectivity index is 1.35. The van der Waals surface area contributed by atoms with Crippen LogP contribution in [0.3, 0.4) is 0 Å². The van der Waals surface area contributed by atoms with Crippen molar-refractivity contribution in [3.63, 3.8) is 0 Å². The van der Waals surface area contributed by atoms with Gasteiger partial charge in [-0.05, 0) is 86.7 Å². The van der Waals surface area contributed by atoms with E-state index in [1.54, 1.807) is 6.08 Å². The molecule has 0 heterocycles. The van der Waals surface area contributed by atoms with Crippen LogP contribution in [0.15, 0.2) is 36.4 Å². The molecule has 0 atom stereocenters. The Morgan fingerprint density at radius 2 is 1.69 bits per heavy atom. The van der Waals surface area contributed by atoms with Gasteiger partial charge in [-0.2, -0.15) is 5.26 Å². The summed E-state index contributed by atoms with van der Waals surface area (Å²) in [5.41, 5.74) is 2.97. The van der Waals surface area contributed by atoms with Crippen molar-refractivity contribution in [2.24, 2.45) is 11.8 Å². The molecule has 1 aromatic rings. The van der Waals surface area contributed by atoms with E-state index in [9.17, 15) is 0 Å². The lowest BCUT2D eigenvalue weighted by Crippen LogP contribution is -2.25. The number of allylic oxidation sites excluding steroid dienone is 2. The molecule has 26 heavy (non-hydrogen) atoms. The standard InChI is InChI=1S/C24H33NO/c1-2-19-5-11-22(12-6-19)23-13-7-21(8-14-23)18-26-24-15-9-20(10-16-24)4-3-17-25/h3-6,11-12,20-21,23-24H,2,7-10,13-16,18H2,1H3. The molecule has 0 saturated heterocycles. The fourth-order valence-electron chi connectivity index (χ4n) is 4.59. The van der Waals surface area contributed by atoms with Crippen molar-refractivity contribution < 1.29 is 4.74 Å². The number of aryl methyl sites for hydroxylation is 1. The number of benzene rings is 1. The first kappa shape index (κ1) is 19.2. The molecule has 2 aliphatic carbocycles.